The van der Waals surface area contributed by atoms with E-state index in [9.17, 15) is 9.59 Å². The highest BCUT2D eigenvalue weighted by molar-refractivity contribution is 5.84. The Labute approximate surface area is 174 Å². The molecule has 1 heterocycles. The third-order valence-electron chi connectivity index (χ3n) is 9.50. The lowest BCUT2D eigenvalue weighted by molar-refractivity contribution is -0.149. The number of hydrogen-bond acceptors (Lipinski definition) is 4. The van der Waals surface area contributed by atoms with Gasteiger partial charge in [0.25, 0.3) is 0 Å². The SMILES string of the molecule is CC(=O)O[C@H]1CC[C@@]2(C)C(=CC[C@@H]3[C@H]4C[C@@H]5OC(=O)C=C(C)[C@H]5[C@]4(C)CC[C@H]32)C1. The molecule has 0 aromatic rings. The maximum atomic E-state index is 12.0. The van der Waals surface area contributed by atoms with Crippen LogP contribution in [0.5, 0.6) is 0 Å². The lowest BCUT2D eigenvalue weighted by atomic mass is 9.47. The fraction of sp³-hybridized carbons (Fsp3) is 0.760. The normalized spacial score (nSPS) is 48.2. The van der Waals surface area contributed by atoms with Crippen molar-refractivity contribution in [1.29, 1.82) is 0 Å². The minimum absolute atomic E-state index is 0.0544. The summed E-state index contributed by atoms with van der Waals surface area (Å²) in [6.07, 6.45) is 12.0. The maximum Gasteiger partial charge on any atom is 0.330 e. The number of carbonyl (C=O) groups excluding carboxylic acids is 2. The van der Waals surface area contributed by atoms with E-state index in [1.54, 1.807) is 6.08 Å². The molecule has 0 unspecified atom stereocenters. The maximum absolute atomic E-state index is 12.0. The first-order valence-corrected chi connectivity index (χ1v) is 11.5. The molecule has 158 valence electrons. The number of carbonyl (C=O) groups is 2. The number of esters is 2. The zero-order chi connectivity index (χ0) is 20.6. The molecule has 0 bridgehead atoms. The van der Waals surface area contributed by atoms with Gasteiger partial charge < -0.3 is 9.47 Å². The first-order chi connectivity index (χ1) is 13.7. The average Bonchev–Trinajstić information content (AvgIpc) is 2.94. The minimum Gasteiger partial charge on any atom is -0.462 e. The van der Waals surface area contributed by atoms with Gasteiger partial charge in [0.05, 0.1) is 0 Å². The van der Waals surface area contributed by atoms with Crippen LogP contribution in [0.1, 0.15) is 72.6 Å². The molecule has 0 saturated heterocycles. The van der Waals surface area contributed by atoms with Gasteiger partial charge >= 0.3 is 11.9 Å². The van der Waals surface area contributed by atoms with Gasteiger partial charge in [0, 0.05) is 25.3 Å². The zero-order valence-corrected chi connectivity index (χ0v) is 18.2. The van der Waals surface area contributed by atoms with E-state index in [1.165, 1.54) is 30.9 Å². The Morgan fingerprint density at radius 2 is 2.00 bits per heavy atom. The van der Waals surface area contributed by atoms with Crippen molar-refractivity contribution >= 4 is 11.9 Å². The van der Waals surface area contributed by atoms with Gasteiger partial charge in [-0.2, -0.15) is 0 Å². The van der Waals surface area contributed by atoms with Crippen molar-refractivity contribution in [3.05, 3.63) is 23.3 Å². The van der Waals surface area contributed by atoms with Crippen LogP contribution in [0.3, 0.4) is 0 Å². The number of hydrogen-bond donors (Lipinski definition) is 0. The fourth-order valence-corrected chi connectivity index (χ4v) is 8.34. The van der Waals surface area contributed by atoms with E-state index >= 15 is 0 Å². The topological polar surface area (TPSA) is 52.6 Å². The molecule has 4 nitrogen and oxygen atoms in total. The number of fused-ring (bicyclic) bond motifs is 7. The smallest absolute Gasteiger partial charge is 0.330 e. The molecule has 8 atom stereocenters. The summed E-state index contributed by atoms with van der Waals surface area (Å²) in [5, 5.41) is 0. The molecule has 0 radical (unpaired) electrons. The van der Waals surface area contributed by atoms with Crippen LogP contribution in [-0.4, -0.2) is 24.1 Å². The van der Waals surface area contributed by atoms with Crippen molar-refractivity contribution in [2.75, 3.05) is 0 Å². The highest BCUT2D eigenvalue weighted by atomic mass is 16.5. The summed E-state index contributed by atoms with van der Waals surface area (Å²) in [5.74, 6) is 2.07. The summed E-state index contributed by atoms with van der Waals surface area (Å²) >= 11 is 0. The van der Waals surface area contributed by atoms with Crippen molar-refractivity contribution in [3.63, 3.8) is 0 Å². The molecule has 0 spiro atoms. The largest absolute Gasteiger partial charge is 0.462 e. The second kappa shape index (κ2) is 6.46. The molecule has 5 rings (SSSR count). The van der Waals surface area contributed by atoms with E-state index in [0.717, 1.165) is 32.1 Å². The predicted molar refractivity (Wildman–Crippen MR) is 110 cm³/mol. The Bertz CT molecular complexity index is 810. The number of ether oxygens (including phenoxy) is 2. The van der Waals surface area contributed by atoms with E-state index < -0.39 is 0 Å². The molecular formula is C25H34O4. The van der Waals surface area contributed by atoms with E-state index in [0.29, 0.717) is 23.7 Å². The Morgan fingerprint density at radius 3 is 2.76 bits per heavy atom. The second-order valence-electron chi connectivity index (χ2n) is 10.9. The standard InChI is InChI=1S/C25H34O4/c1-14-11-22(27)29-21-13-20-18-6-5-16-12-17(28-15(2)26)7-9-24(16,3)19(18)8-10-25(20,4)23(14)21/h5,11,17-21,23H,6-10,12-13H2,1-4H3/t17-,18-,19+,20+,21-,23+,24-,25+/m0/s1. The molecule has 0 N–H and O–H groups in total. The van der Waals surface area contributed by atoms with Crippen LogP contribution in [0.25, 0.3) is 0 Å². The molecule has 3 saturated carbocycles. The van der Waals surface area contributed by atoms with E-state index in [-0.39, 0.29) is 35.0 Å². The van der Waals surface area contributed by atoms with Gasteiger partial charge in [-0.1, -0.05) is 31.1 Å². The lowest BCUT2D eigenvalue weighted by Gasteiger charge is -2.58. The summed E-state index contributed by atoms with van der Waals surface area (Å²) < 4.78 is 11.4. The van der Waals surface area contributed by atoms with Crippen LogP contribution in [0, 0.1) is 34.5 Å². The molecule has 4 heteroatoms. The zero-order valence-electron chi connectivity index (χ0n) is 18.2. The molecule has 4 aliphatic carbocycles. The van der Waals surface area contributed by atoms with Gasteiger partial charge in [0.2, 0.25) is 0 Å². The van der Waals surface area contributed by atoms with E-state index in [1.807, 2.05) is 0 Å². The Balaban J connectivity index is 1.43. The number of allylic oxidation sites excluding steroid dienone is 1. The molecule has 0 amide bonds. The van der Waals surface area contributed by atoms with Crippen molar-refractivity contribution < 1.29 is 19.1 Å². The molecule has 1 aliphatic heterocycles. The first kappa shape index (κ1) is 19.4. The Morgan fingerprint density at radius 1 is 1.21 bits per heavy atom. The molecule has 0 aromatic carbocycles. The fourth-order valence-electron chi connectivity index (χ4n) is 8.34. The predicted octanol–water partition coefficient (Wildman–Crippen LogP) is 4.98. The third kappa shape index (κ3) is 2.77. The third-order valence-corrected chi connectivity index (χ3v) is 9.50. The quantitative estimate of drug-likeness (QED) is 0.462. The van der Waals surface area contributed by atoms with Gasteiger partial charge in [0.15, 0.2) is 0 Å². The molecular weight excluding hydrogens is 364 g/mol. The molecule has 29 heavy (non-hydrogen) atoms. The highest BCUT2D eigenvalue weighted by Gasteiger charge is 2.62. The van der Waals surface area contributed by atoms with Crippen LogP contribution in [-0.2, 0) is 19.1 Å². The Kier molecular flexibility index (Phi) is 4.32. The van der Waals surface area contributed by atoms with Crippen LogP contribution in [0.15, 0.2) is 23.3 Å². The summed E-state index contributed by atoms with van der Waals surface area (Å²) in [5.41, 5.74) is 3.23. The summed E-state index contributed by atoms with van der Waals surface area (Å²) in [6.45, 7) is 8.59. The van der Waals surface area contributed by atoms with Gasteiger partial charge in [-0.05, 0) is 74.0 Å². The van der Waals surface area contributed by atoms with Crippen molar-refractivity contribution in [1.82, 2.24) is 0 Å². The second-order valence-corrected chi connectivity index (χ2v) is 10.9. The summed E-state index contributed by atoms with van der Waals surface area (Å²) in [7, 11) is 0. The monoisotopic (exact) mass is 398 g/mol. The van der Waals surface area contributed by atoms with Crippen molar-refractivity contribution in [3.8, 4) is 0 Å². The number of rotatable bonds is 1. The van der Waals surface area contributed by atoms with Crippen molar-refractivity contribution in [2.45, 2.75) is 84.8 Å². The molecule has 5 aliphatic rings. The minimum atomic E-state index is -0.159. The highest BCUT2D eigenvalue weighted by Crippen LogP contribution is 2.67. The van der Waals surface area contributed by atoms with Crippen LogP contribution < -0.4 is 0 Å². The van der Waals surface area contributed by atoms with E-state index in [2.05, 4.69) is 26.8 Å². The van der Waals surface area contributed by atoms with Crippen LogP contribution in [0.4, 0.5) is 0 Å². The first-order valence-electron chi connectivity index (χ1n) is 11.5. The van der Waals surface area contributed by atoms with Crippen LogP contribution in [0.2, 0.25) is 0 Å². The summed E-state index contributed by atoms with van der Waals surface area (Å²) in [6, 6.07) is 0. The van der Waals surface area contributed by atoms with Crippen molar-refractivity contribution in [2.24, 2.45) is 34.5 Å². The van der Waals surface area contributed by atoms with Crippen LogP contribution >= 0.6 is 0 Å². The lowest BCUT2D eigenvalue weighted by Crippen LogP contribution is -2.50. The molecule has 0 aromatic heterocycles. The Hall–Kier alpha value is -1.58. The summed E-state index contributed by atoms with van der Waals surface area (Å²) in [4.78, 5) is 23.4. The average molecular weight is 399 g/mol. The van der Waals surface area contributed by atoms with Gasteiger partial charge in [-0.25, -0.2) is 4.79 Å². The molecule has 3 fully saturated rings. The van der Waals surface area contributed by atoms with Gasteiger partial charge in [-0.15, -0.1) is 0 Å². The van der Waals surface area contributed by atoms with Gasteiger partial charge in [0.1, 0.15) is 12.2 Å². The van der Waals surface area contributed by atoms with Gasteiger partial charge in [-0.3, -0.25) is 4.79 Å². The van der Waals surface area contributed by atoms with E-state index in [4.69, 9.17) is 9.47 Å².